The Kier molecular flexibility index (Phi) is 3.18. The molecule has 76 valence electrons. The van der Waals surface area contributed by atoms with Crippen molar-refractivity contribution in [3.8, 4) is 0 Å². The molecule has 14 heavy (non-hydrogen) atoms. The van der Waals surface area contributed by atoms with Gasteiger partial charge in [0.25, 0.3) is 0 Å². The van der Waals surface area contributed by atoms with Crippen molar-refractivity contribution in [1.82, 2.24) is 0 Å². The Labute approximate surface area is 88.3 Å². The van der Waals surface area contributed by atoms with Gasteiger partial charge in [-0.1, -0.05) is 12.1 Å². The number of carbonyl (C=O) groups is 1. The lowest BCUT2D eigenvalue weighted by Gasteiger charge is -2.18. The van der Waals surface area contributed by atoms with Crippen LogP contribution in [0.1, 0.15) is 12.5 Å². The molecule has 0 aliphatic carbocycles. The lowest BCUT2D eigenvalue weighted by atomic mass is 9.94. The first kappa shape index (κ1) is 11.1. The number of rotatable bonds is 3. The van der Waals surface area contributed by atoms with Crippen molar-refractivity contribution in [2.45, 2.75) is 23.8 Å². The predicted molar refractivity (Wildman–Crippen MR) is 57.6 cm³/mol. The lowest BCUT2D eigenvalue weighted by Crippen LogP contribution is -2.46. The van der Waals surface area contributed by atoms with Gasteiger partial charge in [0.05, 0.1) is 0 Å². The third kappa shape index (κ3) is 2.75. The molecule has 0 aliphatic rings. The second kappa shape index (κ2) is 4.02. The topological polar surface area (TPSA) is 63.3 Å². The fourth-order valence-corrected chi connectivity index (χ4v) is 1.42. The predicted octanol–water partition coefficient (Wildman–Crippen LogP) is 1.32. The largest absolute Gasteiger partial charge is 0.480 e. The number of thiol groups is 1. The van der Waals surface area contributed by atoms with Crippen molar-refractivity contribution in [2.75, 3.05) is 0 Å². The second-order valence-corrected chi connectivity index (χ2v) is 4.09. The van der Waals surface area contributed by atoms with Gasteiger partial charge in [-0.25, -0.2) is 0 Å². The molecule has 0 unspecified atom stereocenters. The van der Waals surface area contributed by atoms with Crippen molar-refractivity contribution < 1.29 is 9.90 Å². The Morgan fingerprint density at radius 1 is 1.64 bits per heavy atom. The molecule has 0 bridgehead atoms. The summed E-state index contributed by atoms with van der Waals surface area (Å²) in [6.45, 7) is 1.50. The monoisotopic (exact) mass is 211 g/mol. The van der Waals surface area contributed by atoms with Gasteiger partial charge in [0.15, 0.2) is 0 Å². The van der Waals surface area contributed by atoms with E-state index in [1.165, 1.54) is 6.92 Å². The average Bonchev–Trinajstić information content (AvgIpc) is 2.02. The number of carboxylic acids is 1. The highest BCUT2D eigenvalue weighted by molar-refractivity contribution is 7.80. The highest BCUT2D eigenvalue weighted by atomic mass is 32.1. The molecule has 1 rings (SSSR count). The van der Waals surface area contributed by atoms with Crippen LogP contribution in [0.15, 0.2) is 29.2 Å². The molecule has 4 heteroatoms. The summed E-state index contributed by atoms with van der Waals surface area (Å²) in [6.07, 6.45) is 0.302. The number of hydrogen-bond acceptors (Lipinski definition) is 3. The minimum Gasteiger partial charge on any atom is -0.480 e. The van der Waals surface area contributed by atoms with E-state index in [0.29, 0.717) is 6.42 Å². The van der Waals surface area contributed by atoms with Gasteiger partial charge >= 0.3 is 5.97 Å². The van der Waals surface area contributed by atoms with Crippen LogP contribution < -0.4 is 5.73 Å². The molecule has 0 saturated carbocycles. The molecular weight excluding hydrogens is 198 g/mol. The van der Waals surface area contributed by atoms with Crippen LogP contribution in [0.3, 0.4) is 0 Å². The molecule has 3 nitrogen and oxygen atoms in total. The van der Waals surface area contributed by atoms with E-state index >= 15 is 0 Å². The molecule has 0 amide bonds. The summed E-state index contributed by atoms with van der Waals surface area (Å²) in [5, 5.41) is 8.83. The van der Waals surface area contributed by atoms with Crippen LogP contribution in [0.4, 0.5) is 0 Å². The third-order valence-corrected chi connectivity index (χ3v) is 2.25. The zero-order valence-corrected chi connectivity index (χ0v) is 8.79. The maximum absolute atomic E-state index is 10.8. The van der Waals surface area contributed by atoms with E-state index in [9.17, 15) is 4.79 Å². The Morgan fingerprint density at radius 2 is 2.29 bits per heavy atom. The first-order valence-electron chi connectivity index (χ1n) is 4.22. The highest BCUT2D eigenvalue weighted by Gasteiger charge is 2.27. The third-order valence-electron chi connectivity index (χ3n) is 1.97. The lowest BCUT2D eigenvalue weighted by molar-refractivity contribution is -0.142. The summed E-state index contributed by atoms with van der Waals surface area (Å²) >= 11 is 4.17. The standard InChI is InChI=1S/C10H13NO2S/c1-10(11,9(12)13)6-7-3-2-4-8(14)5-7/h2-5,14H,6,11H2,1H3,(H,12,13)/t10-/m0/s1. The van der Waals surface area contributed by atoms with Crippen LogP contribution in [0.25, 0.3) is 0 Å². The van der Waals surface area contributed by atoms with Crippen molar-refractivity contribution >= 4 is 18.6 Å². The van der Waals surface area contributed by atoms with E-state index in [2.05, 4.69) is 12.6 Å². The molecule has 0 aromatic heterocycles. The molecular formula is C10H13NO2S. The molecule has 1 atom stereocenters. The Hall–Kier alpha value is -1.00. The first-order chi connectivity index (χ1) is 6.42. The second-order valence-electron chi connectivity index (χ2n) is 3.57. The number of benzene rings is 1. The van der Waals surface area contributed by atoms with Crippen LogP contribution in [-0.4, -0.2) is 16.6 Å². The van der Waals surface area contributed by atoms with Crippen LogP contribution in [0.2, 0.25) is 0 Å². The Morgan fingerprint density at radius 3 is 2.79 bits per heavy atom. The minimum atomic E-state index is -1.22. The average molecular weight is 211 g/mol. The molecule has 0 aliphatic heterocycles. The number of nitrogens with two attached hydrogens (primary N) is 1. The summed E-state index contributed by atoms with van der Waals surface area (Å²) in [7, 11) is 0. The molecule has 0 heterocycles. The molecule has 0 spiro atoms. The maximum atomic E-state index is 10.8. The Balaban J connectivity index is 2.83. The van der Waals surface area contributed by atoms with Crippen molar-refractivity contribution in [1.29, 1.82) is 0 Å². The van der Waals surface area contributed by atoms with Gasteiger partial charge in [-0.3, -0.25) is 4.79 Å². The van der Waals surface area contributed by atoms with E-state index in [4.69, 9.17) is 10.8 Å². The van der Waals surface area contributed by atoms with Gasteiger partial charge in [0, 0.05) is 11.3 Å². The number of hydrogen-bond donors (Lipinski definition) is 3. The van der Waals surface area contributed by atoms with Crippen LogP contribution in [0, 0.1) is 0 Å². The van der Waals surface area contributed by atoms with E-state index in [0.717, 1.165) is 10.5 Å². The Bertz CT molecular complexity index is 350. The number of aliphatic carboxylic acids is 1. The van der Waals surface area contributed by atoms with Crippen LogP contribution in [-0.2, 0) is 11.2 Å². The highest BCUT2D eigenvalue weighted by Crippen LogP contribution is 2.14. The zero-order valence-electron chi connectivity index (χ0n) is 7.90. The quantitative estimate of drug-likeness (QED) is 0.661. The number of carboxylic acid groups (broad SMARTS) is 1. The van der Waals surface area contributed by atoms with Gasteiger partial charge in [0.2, 0.25) is 0 Å². The fourth-order valence-electron chi connectivity index (χ4n) is 1.17. The smallest absolute Gasteiger partial charge is 0.323 e. The van der Waals surface area contributed by atoms with Gasteiger partial charge in [-0.15, -0.1) is 12.6 Å². The molecule has 1 aromatic carbocycles. The van der Waals surface area contributed by atoms with Gasteiger partial charge in [-0.2, -0.15) is 0 Å². The van der Waals surface area contributed by atoms with E-state index < -0.39 is 11.5 Å². The van der Waals surface area contributed by atoms with Crippen molar-refractivity contribution in [2.24, 2.45) is 5.73 Å². The summed E-state index contributed by atoms with van der Waals surface area (Å²) in [4.78, 5) is 11.6. The molecule has 0 radical (unpaired) electrons. The van der Waals surface area contributed by atoms with Crippen LogP contribution in [0.5, 0.6) is 0 Å². The SMILES string of the molecule is C[C@](N)(Cc1cccc(S)c1)C(=O)O. The minimum absolute atomic E-state index is 0.302. The van der Waals surface area contributed by atoms with Gasteiger partial charge in [0.1, 0.15) is 5.54 Å². The molecule has 3 N–H and O–H groups in total. The maximum Gasteiger partial charge on any atom is 0.323 e. The van der Waals surface area contributed by atoms with E-state index in [-0.39, 0.29) is 0 Å². The summed E-state index contributed by atoms with van der Waals surface area (Å²) in [5.41, 5.74) is 5.28. The summed E-state index contributed by atoms with van der Waals surface area (Å²) in [6, 6.07) is 7.32. The summed E-state index contributed by atoms with van der Waals surface area (Å²) < 4.78 is 0. The molecule has 0 fully saturated rings. The first-order valence-corrected chi connectivity index (χ1v) is 4.67. The van der Waals surface area contributed by atoms with Crippen molar-refractivity contribution in [3.05, 3.63) is 29.8 Å². The normalized spacial score (nSPS) is 14.8. The van der Waals surface area contributed by atoms with Gasteiger partial charge in [-0.05, 0) is 24.6 Å². The van der Waals surface area contributed by atoms with Crippen molar-refractivity contribution in [3.63, 3.8) is 0 Å². The zero-order chi connectivity index (χ0) is 10.8. The van der Waals surface area contributed by atoms with E-state index in [1.807, 2.05) is 24.3 Å². The van der Waals surface area contributed by atoms with Crippen LogP contribution >= 0.6 is 12.6 Å². The molecule has 0 saturated heterocycles. The molecule has 1 aromatic rings. The summed E-state index contributed by atoms with van der Waals surface area (Å²) in [5.74, 6) is -0.998. The fraction of sp³-hybridized carbons (Fsp3) is 0.300. The van der Waals surface area contributed by atoms with Gasteiger partial charge < -0.3 is 10.8 Å². The van der Waals surface area contributed by atoms with E-state index in [1.54, 1.807) is 0 Å².